The number of phenolic OH excluding ortho intramolecular Hbond substituents is 2. The van der Waals surface area contributed by atoms with Gasteiger partial charge in [0.25, 0.3) is 10.1 Å². The maximum atomic E-state index is 12.9. The molecule has 3 aromatic carbocycles. The van der Waals surface area contributed by atoms with Gasteiger partial charge in [0.05, 0.1) is 10.0 Å². The number of halogens is 4. The van der Waals surface area contributed by atoms with Crippen LogP contribution in [0.4, 0.5) is 0 Å². The van der Waals surface area contributed by atoms with Gasteiger partial charge >= 0.3 is 0 Å². The number of phenols is 2. The van der Waals surface area contributed by atoms with Crippen LogP contribution in [0.15, 0.2) is 54.6 Å². The molecule has 0 aliphatic heterocycles. The van der Waals surface area contributed by atoms with Gasteiger partial charge in [-0.05, 0) is 47.5 Å². The molecule has 0 radical (unpaired) electrons. The lowest BCUT2D eigenvalue weighted by atomic mass is 9.83. The molecule has 10 heteroatoms. The first-order chi connectivity index (χ1) is 13.5. The van der Waals surface area contributed by atoms with Crippen LogP contribution in [0.2, 0.25) is 20.1 Å². The van der Waals surface area contributed by atoms with E-state index in [9.17, 15) is 23.2 Å². The summed E-state index contributed by atoms with van der Waals surface area (Å²) in [4.78, 5) is 0. The summed E-state index contributed by atoms with van der Waals surface area (Å²) in [5.41, 5.74) is -0.209. The molecule has 0 aliphatic rings. The third-order valence-electron chi connectivity index (χ3n) is 4.37. The van der Waals surface area contributed by atoms with Crippen LogP contribution in [0.5, 0.6) is 11.5 Å². The van der Waals surface area contributed by atoms with Crippen molar-refractivity contribution in [2.75, 3.05) is 0 Å². The third-order valence-corrected chi connectivity index (χ3v) is 6.96. The molecule has 0 saturated heterocycles. The van der Waals surface area contributed by atoms with Gasteiger partial charge in [-0.15, -0.1) is 0 Å². The zero-order valence-electron chi connectivity index (χ0n) is 14.3. The van der Waals surface area contributed by atoms with Crippen molar-refractivity contribution >= 4 is 56.5 Å². The van der Waals surface area contributed by atoms with Crippen LogP contribution in [0, 0.1) is 0 Å². The minimum Gasteiger partial charge on any atom is -0.508 e. The molecule has 0 spiro atoms. The van der Waals surface area contributed by atoms with E-state index in [2.05, 4.69) is 0 Å². The van der Waals surface area contributed by atoms with Crippen molar-refractivity contribution in [3.8, 4) is 11.5 Å². The van der Waals surface area contributed by atoms with E-state index in [0.717, 1.165) is 18.2 Å². The van der Waals surface area contributed by atoms with Crippen molar-refractivity contribution in [1.29, 1.82) is 0 Å². The lowest BCUT2D eigenvalue weighted by Gasteiger charge is -2.33. The molecule has 0 saturated carbocycles. The molecule has 0 bridgehead atoms. The molecule has 1 unspecified atom stereocenters. The normalized spacial score (nSPS) is 13.8. The van der Waals surface area contributed by atoms with Crippen LogP contribution in [0.25, 0.3) is 0 Å². The molecule has 0 heterocycles. The third kappa shape index (κ3) is 3.77. The number of hydrogen-bond acceptors (Lipinski definition) is 4. The standard InChI is InChI=1S/C19H12Cl4O5S/c20-12-4-5-14(15(21)9-12)19(29(26,27)28,10-2-1-3-13(24)6-10)11-7-16(22)18(25)17(23)8-11/h1-9,24-25H,(H,26,27,28). The van der Waals surface area contributed by atoms with E-state index >= 15 is 0 Å². The first-order valence-electron chi connectivity index (χ1n) is 7.89. The van der Waals surface area contributed by atoms with E-state index in [4.69, 9.17) is 46.4 Å². The lowest BCUT2D eigenvalue weighted by molar-refractivity contribution is 0.455. The molecule has 5 nitrogen and oxygen atoms in total. The van der Waals surface area contributed by atoms with Crippen LogP contribution in [0.3, 0.4) is 0 Å². The van der Waals surface area contributed by atoms with Crippen molar-refractivity contribution in [3.63, 3.8) is 0 Å². The highest BCUT2D eigenvalue weighted by Crippen LogP contribution is 2.49. The second-order valence-corrected chi connectivity index (χ2v) is 9.34. The number of benzene rings is 3. The Morgan fingerprint density at radius 2 is 1.38 bits per heavy atom. The second-order valence-electron chi connectivity index (χ2n) is 6.12. The minimum absolute atomic E-state index is 0.0398. The largest absolute Gasteiger partial charge is 0.508 e. The molecule has 29 heavy (non-hydrogen) atoms. The average Bonchev–Trinajstić information content (AvgIpc) is 2.60. The summed E-state index contributed by atoms with van der Waals surface area (Å²) in [6.45, 7) is 0. The van der Waals surface area contributed by atoms with E-state index in [1.54, 1.807) is 0 Å². The fourth-order valence-corrected chi connectivity index (χ4v) is 5.57. The zero-order chi connectivity index (χ0) is 21.6. The van der Waals surface area contributed by atoms with Crippen LogP contribution in [-0.4, -0.2) is 23.2 Å². The van der Waals surface area contributed by atoms with Crippen molar-refractivity contribution in [3.05, 3.63) is 91.4 Å². The van der Waals surface area contributed by atoms with Crippen LogP contribution in [0.1, 0.15) is 16.7 Å². The van der Waals surface area contributed by atoms with Crippen molar-refractivity contribution in [2.45, 2.75) is 4.75 Å². The van der Waals surface area contributed by atoms with Crippen LogP contribution >= 0.6 is 46.4 Å². The number of aromatic hydroxyl groups is 2. The molecule has 0 amide bonds. The van der Waals surface area contributed by atoms with Crippen LogP contribution < -0.4 is 0 Å². The maximum absolute atomic E-state index is 12.9. The van der Waals surface area contributed by atoms with Crippen molar-refractivity contribution in [2.24, 2.45) is 0 Å². The van der Waals surface area contributed by atoms with Gasteiger partial charge in [0.15, 0.2) is 10.5 Å². The van der Waals surface area contributed by atoms with E-state index in [0.29, 0.717) is 0 Å². The fourth-order valence-electron chi connectivity index (χ4n) is 3.18. The highest BCUT2D eigenvalue weighted by molar-refractivity contribution is 7.87. The number of rotatable bonds is 4. The summed E-state index contributed by atoms with van der Waals surface area (Å²) in [5.74, 6) is -0.712. The van der Waals surface area contributed by atoms with E-state index < -0.39 is 20.6 Å². The quantitative estimate of drug-likeness (QED) is 0.311. The molecule has 3 aromatic rings. The minimum atomic E-state index is -5.02. The molecule has 152 valence electrons. The Kier molecular flexibility index (Phi) is 5.98. The van der Waals surface area contributed by atoms with Gasteiger partial charge in [-0.25, -0.2) is 0 Å². The van der Waals surface area contributed by atoms with E-state index in [1.165, 1.54) is 36.4 Å². The Morgan fingerprint density at radius 3 is 1.90 bits per heavy atom. The Hall–Kier alpha value is -1.67. The summed E-state index contributed by atoms with van der Waals surface area (Å²) in [7, 11) is -5.02. The molecular formula is C19H12Cl4O5S. The molecule has 0 aliphatic carbocycles. The zero-order valence-corrected chi connectivity index (χ0v) is 18.1. The molecule has 3 N–H and O–H groups in total. The summed E-state index contributed by atoms with van der Waals surface area (Å²) < 4.78 is 34.0. The molecule has 0 fully saturated rings. The Balaban J connectivity index is 2.58. The van der Waals surface area contributed by atoms with E-state index in [1.807, 2.05) is 0 Å². The van der Waals surface area contributed by atoms with Gasteiger partial charge in [-0.1, -0.05) is 64.6 Å². The SMILES string of the molecule is O=S(=O)(O)C(c1cccc(O)c1)(c1cc(Cl)c(O)c(Cl)c1)c1ccc(Cl)cc1Cl. The van der Waals surface area contributed by atoms with E-state index in [-0.39, 0.29) is 42.5 Å². The maximum Gasteiger partial charge on any atom is 0.283 e. The highest BCUT2D eigenvalue weighted by Gasteiger charge is 2.50. The van der Waals surface area contributed by atoms with Gasteiger partial charge in [-0.2, -0.15) is 8.42 Å². The van der Waals surface area contributed by atoms with Crippen LogP contribution in [-0.2, 0) is 14.9 Å². The topological polar surface area (TPSA) is 94.8 Å². The summed E-state index contributed by atoms with van der Waals surface area (Å²) in [6, 6.07) is 11.6. The van der Waals surface area contributed by atoms with Crippen molar-refractivity contribution in [1.82, 2.24) is 0 Å². The Labute approximate surface area is 186 Å². The molecular weight excluding hydrogens is 482 g/mol. The highest BCUT2D eigenvalue weighted by atomic mass is 35.5. The van der Waals surface area contributed by atoms with Gasteiger partial charge in [0.2, 0.25) is 0 Å². The smallest absolute Gasteiger partial charge is 0.283 e. The fraction of sp³-hybridized carbons (Fsp3) is 0.0526. The average molecular weight is 494 g/mol. The second kappa shape index (κ2) is 7.87. The molecule has 3 rings (SSSR count). The predicted molar refractivity (Wildman–Crippen MR) is 114 cm³/mol. The van der Waals surface area contributed by atoms with Gasteiger partial charge in [-0.3, -0.25) is 4.55 Å². The summed E-state index contributed by atoms with van der Waals surface area (Å²) in [6.07, 6.45) is 0. The Bertz CT molecular complexity index is 1190. The Morgan fingerprint density at radius 1 is 0.759 bits per heavy atom. The van der Waals surface area contributed by atoms with Crippen molar-refractivity contribution < 1.29 is 23.2 Å². The van der Waals surface area contributed by atoms with Gasteiger partial charge in [0, 0.05) is 15.6 Å². The molecule has 1 atom stereocenters. The predicted octanol–water partition coefficient (Wildman–Crippen LogP) is 5.89. The number of hydrogen-bond donors (Lipinski definition) is 3. The summed E-state index contributed by atoms with van der Waals surface area (Å²) in [5, 5.41) is 19.6. The van der Waals surface area contributed by atoms with Gasteiger partial charge < -0.3 is 10.2 Å². The lowest BCUT2D eigenvalue weighted by Crippen LogP contribution is -2.38. The molecule has 0 aromatic heterocycles. The monoisotopic (exact) mass is 492 g/mol. The first-order valence-corrected chi connectivity index (χ1v) is 10.8. The summed E-state index contributed by atoms with van der Waals surface area (Å²) >= 11 is 24.4. The first kappa shape index (κ1) is 22.0. The van der Waals surface area contributed by atoms with Gasteiger partial charge in [0.1, 0.15) is 5.75 Å².